The number of aryl methyl sites for hydroxylation is 6. The molecule has 0 nitrogen and oxygen atoms in total. The zero-order valence-electron chi connectivity index (χ0n) is 88.6. The van der Waals surface area contributed by atoms with E-state index in [0.29, 0.717) is 0 Å². The van der Waals surface area contributed by atoms with Crippen LogP contribution in [0.3, 0.4) is 0 Å². The van der Waals surface area contributed by atoms with E-state index in [-0.39, 0.29) is 169 Å². The molecule has 0 N–H and O–H groups in total. The molecular weight excluding hydrogens is 1970 g/mol. The van der Waals surface area contributed by atoms with Crippen LogP contribution in [0.5, 0.6) is 0 Å². The Morgan fingerprint density at radius 3 is 0.848 bits per heavy atom. The van der Waals surface area contributed by atoms with Gasteiger partial charge < -0.3 is 0 Å². The third kappa shape index (κ3) is 48.2. The van der Waals surface area contributed by atoms with Gasteiger partial charge in [-0.1, -0.05) is 367 Å². The van der Waals surface area contributed by atoms with Gasteiger partial charge in [-0.2, -0.15) is 218 Å². The van der Waals surface area contributed by atoms with E-state index in [9.17, 15) is 0 Å². The van der Waals surface area contributed by atoms with Crippen LogP contribution in [0, 0.1) is 102 Å². The molecule has 0 saturated carbocycles. The first kappa shape index (κ1) is 144. The van der Waals surface area contributed by atoms with Gasteiger partial charge in [0.1, 0.15) is 0 Å². The van der Waals surface area contributed by atoms with Crippen molar-refractivity contribution in [1.82, 2.24) is 0 Å². The van der Waals surface area contributed by atoms with Gasteiger partial charge >= 0.3 is 0 Å². The SMILES string of the molecule is CC.CC.CC.CC.CC.CC.CC.CC.CC.CC.CC.CC.CC.CC.CC.Cc1[c-]c(-c2[c-]cccc2)ccc1.Cc1c[c-]c(-c2[c-]cccc2)cc1.Cc1cc[c-]c(-c2[c-]cccc2)c1.Cc1ccc(-c2c[c-]c(-c3[c-]cccc3)cc2)cc1.Cc1ccc2c(c1)-c1ccccc1C21c2ccccc2-c2ccccc21.Cc1ccc[c-]c1-c1[c-]cccc1.[Y].[Y].[Y].[Y].[Y]. The Morgan fingerprint density at radius 1 is 0.182 bits per heavy atom. The second kappa shape index (κ2) is 95.1. The van der Waals surface area contributed by atoms with Gasteiger partial charge in [-0.15, -0.1) is 82.9 Å². The molecule has 5 radical (unpaired) electrons. The first-order valence-electron chi connectivity index (χ1n) is 47.9. The van der Waals surface area contributed by atoms with Crippen molar-refractivity contribution in [2.24, 2.45) is 0 Å². The summed E-state index contributed by atoms with van der Waals surface area (Å²) in [6.07, 6.45) is 0. The number of hydrogen-bond acceptors (Lipinski definition) is 0. The van der Waals surface area contributed by atoms with Crippen LogP contribution in [-0.2, 0) is 169 Å². The van der Waals surface area contributed by atoms with Crippen LogP contribution in [0.4, 0.5) is 0 Å². The van der Waals surface area contributed by atoms with Gasteiger partial charge in [0.25, 0.3) is 0 Å². The Bertz CT molecular complexity index is 4880. The zero-order chi connectivity index (χ0) is 96.8. The summed E-state index contributed by atoms with van der Waals surface area (Å²) in [5, 5.41) is 0. The topological polar surface area (TPSA) is 0 Å². The molecule has 17 rings (SSSR count). The molecule has 0 aromatic heterocycles. The Morgan fingerprint density at radius 2 is 0.485 bits per heavy atom. The van der Waals surface area contributed by atoms with Crippen LogP contribution in [0.1, 0.15) is 263 Å². The smallest absolute Gasteiger partial charge is 0.0725 e. The van der Waals surface area contributed by atoms with Gasteiger partial charge in [0.15, 0.2) is 0 Å². The molecule has 2 aliphatic rings. The van der Waals surface area contributed by atoms with E-state index in [1.165, 1.54) is 83.5 Å². The molecule has 132 heavy (non-hydrogen) atoms. The van der Waals surface area contributed by atoms with E-state index in [2.05, 4.69) is 265 Å². The standard InChI is InChI=1S/C26H18.C19H14.4C13H10.15C2H6.5Y/c1-17-14-15-25-21(16-17)20-10-4-7-13-24(20)26(25)22-11-5-2-8-18(22)19-9-3-6-12-23(19)26;1-15-7-9-17(10-8-15)19-13-11-18(12-14-19)16-5-3-2-4-6-16;1-11-7-5-6-10-13(11)12-8-3-2-4-9-12;2*1-11-6-5-9-13(10-11)12-7-3-2-4-8-12;1-11-7-9-13(10-8-11)12-5-3-2-4-6-12;15*1-2;;;;;/h2-16H,1H3;2-5,7-11,13-14H,1H3;2-8H,1H3;2-7,10H,1H3;2-7,9H,1H3;2-5,7-9H,1H3;15*1-2H3;;;;;/q;5*-2;;;;;;;;;;;;;;;;;;;;. The van der Waals surface area contributed by atoms with Crippen molar-refractivity contribution < 1.29 is 164 Å². The Labute approximate surface area is 939 Å². The number of rotatable bonds is 6. The van der Waals surface area contributed by atoms with E-state index < -0.39 is 0 Å². The van der Waals surface area contributed by atoms with Crippen molar-refractivity contribution in [3.8, 4) is 89.0 Å². The van der Waals surface area contributed by atoms with Gasteiger partial charge in [0.2, 0.25) is 0 Å². The molecule has 0 heterocycles. The van der Waals surface area contributed by atoms with Gasteiger partial charge in [0, 0.05) is 164 Å². The Kier molecular flexibility index (Phi) is 104. The summed E-state index contributed by atoms with van der Waals surface area (Å²) in [4.78, 5) is 0. The maximum Gasteiger partial charge on any atom is 0.0725 e. The fraction of sp³-hybridized carbons (Fsp3) is 0.291. The molecule has 0 saturated heterocycles. The van der Waals surface area contributed by atoms with E-state index in [0.717, 1.165) is 61.2 Å². The second-order valence-corrected chi connectivity index (χ2v) is 24.2. The van der Waals surface area contributed by atoms with Gasteiger partial charge in [-0.05, 0) is 58.4 Å². The Balaban J connectivity index is -0.000000187. The van der Waals surface area contributed by atoms with Gasteiger partial charge in [0.05, 0.1) is 5.41 Å². The molecule has 0 unspecified atom stereocenters. The molecule has 0 amide bonds. The zero-order valence-corrected chi connectivity index (χ0v) is 103. The minimum atomic E-state index is -0.188. The first-order chi connectivity index (χ1) is 62.6. The van der Waals surface area contributed by atoms with Crippen LogP contribution >= 0.6 is 0 Å². The molecule has 5 heteroatoms. The molecule has 0 atom stereocenters. The Hall–Kier alpha value is -6.18. The van der Waals surface area contributed by atoms with E-state index in [1.807, 2.05) is 372 Å². The van der Waals surface area contributed by atoms with Crippen molar-refractivity contribution in [3.05, 3.63) is 444 Å². The minimum Gasteiger partial charge on any atom is -0.226 e. The van der Waals surface area contributed by atoms with Crippen molar-refractivity contribution in [1.29, 1.82) is 0 Å². The van der Waals surface area contributed by atoms with E-state index >= 15 is 0 Å². The molecule has 0 aliphatic heterocycles. The third-order valence-electron chi connectivity index (χ3n) is 17.3. The van der Waals surface area contributed by atoms with Crippen LogP contribution in [0.15, 0.2) is 328 Å². The normalized spacial score (nSPS) is 8.97. The summed E-state index contributed by atoms with van der Waals surface area (Å²) in [6.45, 7) is 72.6. The van der Waals surface area contributed by atoms with Gasteiger partial charge in [-0.25, -0.2) is 55.6 Å². The predicted molar refractivity (Wildman–Crippen MR) is 575 cm³/mol. The number of fused-ring (bicyclic) bond motifs is 10. The van der Waals surface area contributed by atoms with E-state index in [1.54, 1.807) is 0 Å². The minimum absolute atomic E-state index is 0. The molecule has 2 aliphatic carbocycles. The number of benzene rings is 15. The average molecular weight is 2130 g/mol. The van der Waals surface area contributed by atoms with Crippen molar-refractivity contribution in [2.75, 3.05) is 0 Å². The monoisotopic (exact) mass is 2130 g/mol. The molecule has 15 aromatic carbocycles. The van der Waals surface area contributed by atoms with Crippen molar-refractivity contribution >= 4 is 0 Å². The van der Waals surface area contributed by atoms with Crippen molar-refractivity contribution in [3.63, 3.8) is 0 Å². The summed E-state index contributed by atoms with van der Waals surface area (Å²) >= 11 is 0. The molecule has 695 valence electrons. The summed E-state index contributed by atoms with van der Waals surface area (Å²) in [5.41, 5.74) is 31.9. The average Bonchev–Trinajstić information content (AvgIpc) is 1.51. The fourth-order valence-corrected chi connectivity index (χ4v) is 12.5. The summed E-state index contributed by atoms with van der Waals surface area (Å²) in [5.74, 6) is 0. The fourth-order valence-electron chi connectivity index (χ4n) is 12.5. The predicted octanol–water partition coefficient (Wildman–Crippen LogP) is 39.7. The van der Waals surface area contributed by atoms with Crippen LogP contribution in [0.2, 0.25) is 0 Å². The second-order valence-electron chi connectivity index (χ2n) is 24.2. The van der Waals surface area contributed by atoms with Crippen molar-refractivity contribution in [2.45, 2.75) is 255 Å². The maximum atomic E-state index is 3.34. The first-order valence-corrected chi connectivity index (χ1v) is 47.9. The molecule has 0 bridgehead atoms. The maximum absolute atomic E-state index is 3.34. The summed E-state index contributed by atoms with van der Waals surface area (Å²) in [7, 11) is 0. The van der Waals surface area contributed by atoms with Crippen LogP contribution < -0.4 is 0 Å². The molecular formula is C127H162Y5-10. The van der Waals surface area contributed by atoms with Gasteiger partial charge in [-0.3, -0.25) is 0 Å². The summed E-state index contributed by atoms with van der Waals surface area (Å²) in [6, 6.07) is 145. The van der Waals surface area contributed by atoms with Crippen LogP contribution in [0.25, 0.3) is 89.0 Å². The molecule has 1 spiro atoms. The largest absolute Gasteiger partial charge is 0.226 e. The third-order valence-corrected chi connectivity index (χ3v) is 17.3. The van der Waals surface area contributed by atoms with Crippen LogP contribution in [-0.4, -0.2) is 0 Å². The molecule has 15 aromatic rings. The quantitative estimate of drug-likeness (QED) is 0.146. The van der Waals surface area contributed by atoms with E-state index in [4.69, 9.17) is 0 Å². The summed E-state index contributed by atoms with van der Waals surface area (Å²) < 4.78 is 0. The molecule has 0 fully saturated rings. The number of hydrogen-bond donors (Lipinski definition) is 0.